The molecular weight excluding hydrogens is 613 g/mol. The van der Waals surface area contributed by atoms with Crippen LogP contribution in [-0.4, -0.2) is 82.8 Å². The van der Waals surface area contributed by atoms with E-state index in [-0.39, 0.29) is 34.0 Å². The second kappa shape index (κ2) is 12.8. The minimum atomic E-state index is -1.54. The summed E-state index contributed by atoms with van der Waals surface area (Å²) in [5, 5.41) is 27.1. The van der Waals surface area contributed by atoms with E-state index in [0.29, 0.717) is 23.1 Å². The van der Waals surface area contributed by atoms with E-state index in [2.05, 4.69) is 24.8 Å². The molecule has 224 valence electrons. The first-order chi connectivity index (χ1) is 19.9. The molecule has 2 aromatic rings. The van der Waals surface area contributed by atoms with E-state index in [1.807, 2.05) is 6.92 Å². The number of anilines is 3. The minimum absolute atomic E-state index is 0.0347. The highest BCUT2D eigenvalue weighted by Crippen LogP contribution is 2.41. The molecule has 0 bridgehead atoms. The number of nitrogens with zero attached hydrogens (tertiary/aromatic N) is 6. The number of nitrogens with one attached hydrogen (secondary N) is 1. The molecule has 0 saturated carbocycles. The van der Waals surface area contributed by atoms with Gasteiger partial charge < -0.3 is 42.4 Å². The molecule has 0 aromatic carbocycles. The van der Waals surface area contributed by atoms with Crippen LogP contribution in [0, 0.1) is 0 Å². The zero-order valence-electron chi connectivity index (χ0n) is 22.2. The van der Waals surface area contributed by atoms with Crippen molar-refractivity contribution in [3.05, 3.63) is 23.2 Å². The van der Waals surface area contributed by atoms with E-state index in [1.165, 1.54) is 36.5 Å². The number of aromatic nitrogens is 4. The number of rotatable bonds is 12. The molecule has 1 saturated heterocycles. The van der Waals surface area contributed by atoms with Gasteiger partial charge in [-0.1, -0.05) is 10.1 Å². The van der Waals surface area contributed by atoms with Crippen LogP contribution in [0.15, 0.2) is 27.6 Å². The van der Waals surface area contributed by atoms with Gasteiger partial charge in [-0.05, 0) is 31.2 Å². The highest BCUT2D eigenvalue weighted by Gasteiger charge is 2.53. The molecule has 2 aliphatic rings. The summed E-state index contributed by atoms with van der Waals surface area (Å²) in [7, 11) is 0. The molecule has 3 atom stereocenters. The molecular formula is C22H26N10O7S3. The highest BCUT2D eigenvalue weighted by atomic mass is 32.2. The quantitative estimate of drug-likeness (QED) is 0.0411. The summed E-state index contributed by atoms with van der Waals surface area (Å²) in [5.74, 6) is -3.44. The monoisotopic (exact) mass is 638 g/mol. The van der Waals surface area contributed by atoms with Gasteiger partial charge in [0.2, 0.25) is 23.2 Å². The molecule has 4 rings (SSSR count). The number of carbonyl (C=O) groups is 4. The van der Waals surface area contributed by atoms with Gasteiger partial charge in [0.15, 0.2) is 5.13 Å². The Balaban J connectivity index is 1.51. The topological polar surface area (TPSA) is 269 Å². The van der Waals surface area contributed by atoms with E-state index in [1.54, 1.807) is 4.57 Å². The summed E-state index contributed by atoms with van der Waals surface area (Å²) >= 11 is 3.25. The van der Waals surface area contributed by atoms with Crippen molar-refractivity contribution in [3.8, 4) is 0 Å². The largest absolute Gasteiger partial charge is 0.543 e. The van der Waals surface area contributed by atoms with Crippen molar-refractivity contribution in [2.45, 2.75) is 49.5 Å². The summed E-state index contributed by atoms with van der Waals surface area (Å²) in [6.45, 7) is 3.82. The lowest BCUT2D eigenvalue weighted by molar-refractivity contribution is -0.719. The lowest BCUT2D eigenvalue weighted by Gasteiger charge is -2.50. The van der Waals surface area contributed by atoms with Crippen molar-refractivity contribution in [3.63, 3.8) is 0 Å². The van der Waals surface area contributed by atoms with Crippen LogP contribution in [0.2, 0.25) is 0 Å². The summed E-state index contributed by atoms with van der Waals surface area (Å²) in [6, 6.07) is 0.410. The Bertz CT molecular complexity index is 1500. The zero-order valence-corrected chi connectivity index (χ0v) is 24.6. The number of thioether (sulfide) groups is 2. The summed E-state index contributed by atoms with van der Waals surface area (Å²) in [6.07, 6.45) is -1.29. The van der Waals surface area contributed by atoms with E-state index in [4.69, 9.17) is 27.1 Å². The van der Waals surface area contributed by atoms with E-state index < -0.39 is 53.4 Å². The number of hydrogen-bond donors (Lipinski definition) is 5. The van der Waals surface area contributed by atoms with Crippen molar-refractivity contribution >= 4 is 81.3 Å². The molecule has 2 amide bonds. The van der Waals surface area contributed by atoms with Crippen LogP contribution >= 0.6 is 35.1 Å². The number of hydrogen-bond acceptors (Lipinski definition) is 16. The van der Waals surface area contributed by atoms with Gasteiger partial charge in [-0.2, -0.15) is 9.36 Å². The fourth-order valence-corrected chi connectivity index (χ4v) is 7.07. The standard InChI is InChI=1S/C22H26N10O7S3/c1-3-31-11(24)5-10(23)26-22(31)41-7-9-6-40-19-14(18(36)32(19)15(9)20(37)38)27-17(35)13(16-28-21(25)42-30-16)29-39-8(2)4-12(33)34/h5,8,14,19H,3-4,6-7H2,1-2H3,(H8,23,24,25,27,28,30,33,34,35,37,38)/b29-13-/t8?,14?,19-/m1/s1. The van der Waals surface area contributed by atoms with Gasteiger partial charge in [0.1, 0.15) is 17.5 Å². The van der Waals surface area contributed by atoms with Crippen LogP contribution < -0.4 is 32.2 Å². The van der Waals surface area contributed by atoms with Gasteiger partial charge in [-0.3, -0.25) is 19.3 Å². The normalized spacial score (nSPS) is 19.1. The van der Waals surface area contributed by atoms with Crippen molar-refractivity contribution in [1.29, 1.82) is 0 Å². The molecule has 2 aromatic heterocycles. The summed E-state index contributed by atoms with van der Waals surface area (Å²) < 4.78 is 5.66. The number of nitrogen functional groups attached to an aromatic ring is 3. The van der Waals surface area contributed by atoms with Crippen molar-refractivity contribution in [1.82, 2.24) is 24.6 Å². The Hall–Kier alpha value is -4.17. The first-order valence-electron chi connectivity index (χ1n) is 12.2. The van der Waals surface area contributed by atoms with Crippen molar-refractivity contribution in [2.24, 2.45) is 5.16 Å². The number of β-lactam (4-membered cyclic amide) rings is 1. The molecule has 1 fully saturated rings. The van der Waals surface area contributed by atoms with Gasteiger partial charge in [0.25, 0.3) is 11.8 Å². The molecule has 42 heavy (non-hydrogen) atoms. The molecule has 0 spiro atoms. The molecule has 0 aliphatic carbocycles. The first kappa shape index (κ1) is 30.8. The van der Waals surface area contributed by atoms with Crippen LogP contribution in [-0.2, 0) is 30.6 Å². The predicted molar refractivity (Wildman–Crippen MR) is 150 cm³/mol. The number of aliphatic carboxylic acids is 2. The molecule has 8 N–H and O–H groups in total. The zero-order chi connectivity index (χ0) is 30.7. The number of oxime groups is 1. The van der Waals surface area contributed by atoms with Gasteiger partial charge in [-0.25, -0.2) is 4.57 Å². The second-order valence-electron chi connectivity index (χ2n) is 8.93. The lowest BCUT2D eigenvalue weighted by Crippen LogP contribution is -2.71. The van der Waals surface area contributed by atoms with Crippen LogP contribution in [0.5, 0.6) is 0 Å². The van der Waals surface area contributed by atoms with E-state index in [9.17, 15) is 24.3 Å². The number of nitrogens with two attached hydrogens (primary N) is 3. The maximum absolute atomic E-state index is 13.2. The Kier molecular flexibility index (Phi) is 9.36. The fraction of sp³-hybridized carbons (Fsp3) is 0.409. The van der Waals surface area contributed by atoms with Gasteiger partial charge in [-0.15, -0.1) is 11.8 Å². The lowest BCUT2D eigenvalue weighted by atomic mass is 10.0. The smallest absolute Gasteiger partial charge is 0.307 e. The summed E-state index contributed by atoms with van der Waals surface area (Å²) in [5.41, 5.74) is 17.2. The molecule has 17 nitrogen and oxygen atoms in total. The third-order valence-corrected chi connectivity index (χ3v) is 8.88. The second-order valence-corrected chi connectivity index (χ2v) is 11.8. The van der Waals surface area contributed by atoms with Crippen LogP contribution in [0.3, 0.4) is 0 Å². The molecule has 4 heterocycles. The van der Waals surface area contributed by atoms with E-state index in [0.717, 1.165) is 16.4 Å². The molecule has 20 heteroatoms. The average Bonchev–Trinajstić information content (AvgIpc) is 3.34. The van der Waals surface area contributed by atoms with Crippen LogP contribution in [0.1, 0.15) is 26.1 Å². The Morgan fingerprint density at radius 2 is 2.10 bits per heavy atom. The Morgan fingerprint density at radius 3 is 2.71 bits per heavy atom. The summed E-state index contributed by atoms with van der Waals surface area (Å²) in [4.78, 5) is 63.8. The first-order valence-corrected chi connectivity index (χ1v) is 15.0. The van der Waals surface area contributed by atoms with Gasteiger partial charge >= 0.3 is 11.1 Å². The number of carboxylic acid groups (broad SMARTS) is 2. The molecule has 0 radical (unpaired) electrons. The molecule has 2 aliphatic heterocycles. The Labute approximate surface area is 250 Å². The molecule has 2 unspecified atom stereocenters. The van der Waals surface area contributed by atoms with Crippen LogP contribution in [0.4, 0.5) is 16.8 Å². The average molecular weight is 639 g/mol. The van der Waals surface area contributed by atoms with Gasteiger partial charge in [0, 0.05) is 23.0 Å². The minimum Gasteiger partial charge on any atom is -0.543 e. The number of amides is 2. The maximum Gasteiger partial charge on any atom is 0.307 e. The third-order valence-electron chi connectivity index (χ3n) is 5.94. The third kappa shape index (κ3) is 6.49. The number of fused-ring (bicyclic) bond motifs is 1. The maximum atomic E-state index is 13.2. The van der Waals surface area contributed by atoms with E-state index >= 15 is 0 Å². The van der Waals surface area contributed by atoms with Crippen LogP contribution in [0.25, 0.3) is 0 Å². The van der Waals surface area contributed by atoms with Crippen molar-refractivity contribution in [2.75, 3.05) is 28.7 Å². The number of carboxylic acids is 2. The van der Waals surface area contributed by atoms with Crippen molar-refractivity contribution < 1.29 is 38.8 Å². The Morgan fingerprint density at radius 1 is 1.36 bits per heavy atom. The van der Waals surface area contributed by atoms with Gasteiger partial charge in [0.05, 0.1) is 30.7 Å². The fourth-order valence-electron chi connectivity index (χ4n) is 4.06. The highest BCUT2D eigenvalue weighted by molar-refractivity contribution is 8.01. The SMILES string of the molecule is CC[n+]1c(N)cc(N)nc1SCC1=C(C(=O)[O-])N2C(=O)C(NC(=O)/C(=N\OC(C)CC(=O)O)c3nsc(N)n3)[C@H]2SC1. The number of carbonyl (C=O) groups excluding carboxylic acids is 3. The predicted octanol–water partition coefficient (Wildman–Crippen LogP) is -2.23.